The van der Waals surface area contributed by atoms with E-state index in [0.29, 0.717) is 49.0 Å². The second-order valence-electron chi connectivity index (χ2n) is 9.17. The van der Waals surface area contributed by atoms with Gasteiger partial charge in [-0.05, 0) is 50.6 Å². The number of rotatable bonds is 8. The number of aliphatic hydroxyl groups excluding tert-OH is 1. The van der Waals surface area contributed by atoms with Crippen molar-refractivity contribution < 1.29 is 23.7 Å². The smallest absolute Gasteiger partial charge is 0.179 e. The number of hydrogen-bond acceptors (Lipinski definition) is 8. The summed E-state index contributed by atoms with van der Waals surface area (Å²) in [6, 6.07) is 7.44. The summed E-state index contributed by atoms with van der Waals surface area (Å²) in [5, 5.41) is 14.5. The molecule has 8 nitrogen and oxygen atoms in total. The normalized spacial score (nSPS) is 17.5. The molecule has 0 bridgehead atoms. The van der Waals surface area contributed by atoms with Gasteiger partial charge in [-0.15, -0.1) is 0 Å². The highest BCUT2D eigenvalue weighted by molar-refractivity contribution is 5.83. The van der Waals surface area contributed by atoms with E-state index in [1.165, 1.54) is 6.20 Å². The van der Waals surface area contributed by atoms with Crippen LogP contribution in [0, 0.1) is 5.82 Å². The number of halogens is 1. The minimum absolute atomic E-state index is 0.0504. The van der Waals surface area contributed by atoms with Crippen molar-refractivity contribution in [3.63, 3.8) is 0 Å². The van der Waals surface area contributed by atoms with Crippen LogP contribution < -0.4 is 19.5 Å². The summed E-state index contributed by atoms with van der Waals surface area (Å²) in [6.45, 7) is 4.02. The third-order valence-corrected chi connectivity index (χ3v) is 7.06. The van der Waals surface area contributed by atoms with E-state index in [1.54, 1.807) is 13.3 Å². The molecule has 5 rings (SSSR count). The van der Waals surface area contributed by atoms with E-state index in [0.717, 1.165) is 49.1 Å². The van der Waals surface area contributed by atoms with E-state index in [9.17, 15) is 9.50 Å². The number of aliphatic hydroxyl groups is 1. The predicted octanol–water partition coefficient (Wildman–Crippen LogP) is 2.71. The number of nitrogens with one attached hydrogen (secondary N) is 1. The van der Waals surface area contributed by atoms with Crippen LogP contribution in [-0.2, 0) is 13.0 Å². The molecular formula is C26H31FN4O4. The van der Waals surface area contributed by atoms with Gasteiger partial charge in [-0.3, -0.25) is 9.97 Å². The van der Waals surface area contributed by atoms with Crippen molar-refractivity contribution in [1.29, 1.82) is 0 Å². The van der Waals surface area contributed by atoms with E-state index in [4.69, 9.17) is 14.2 Å². The molecule has 2 N–H and O–H groups in total. The van der Waals surface area contributed by atoms with Gasteiger partial charge >= 0.3 is 0 Å². The van der Waals surface area contributed by atoms with E-state index in [2.05, 4.69) is 20.2 Å². The molecule has 0 unspecified atom stereocenters. The Morgan fingerprint density at radius 3 is 2.69 bits per heavy atom. The first-order valence-corrected chi connectivity index (χ1v) is 12.0. The van der Waals surface area contributed by atoms with Gasteiger partial charge in [-0.1, -0.05) is 0 Å². The standard InChI is InChI=1S/C26H31FN4O4/c1-33-19-2-3-23-21(13-19)20(22(27)15-29-23)4-7-31-8-5-26(17-32,6-9-31)30-14-18-12-24-25(16-28-18)35-11-10-34-24/h2-3,12-13,15-16,30,32H,4-11,14,17H2,1H3. The van der Waals surface area contributed by atoms with E-state index < -0.39 is 0 Å². The Morgan fingerprint density at radius 2 is 1.91 bits per heavy atom. The fourth-order valence-corrected chi connectivity index (χ4v) is 4.81. The fraction of sp³-hybridized carbons (Fsp3) is 0.462. The molecule has 1 aromatic carbocycles. The number of likely N-dealkylation sites (tertiary alicyclic amines) is 1. The summed E-state index contributed by atoms with van der Waals surface area (Å²) < 4.78 is 31.2. The van der Waals surface area contributed by atoms with Crippen molar-refractivity contribution in [2.75, 3.05) is 46.6 Å². The van der Waals surface area contributed by atoms with Gasteiger partial charge in [0, 0.05) is 35.6 Å². The fourth-order valence-electron chi connectivity index (χ4n) is 4.81. The number of ether oxygens (including phenoxy) is 3. The highest BCUT2D eigenvalue weighted by Crippen LogP contribution is 2.30. The van der Waals surface area contributed by atoms with Gasteiger partial charge in [-0.25, -0.2) is 4.39 Å². The Labute approximate surface area is 204 Å². The molecular weight excluding hydrogens is 451 g/mol. The van der Waals surface area contributed by atoms with Crippen molar-refractivity contribution in [2.45, 2.75) is 31.3 Å². The number of piperidine rings is 1. The molecule has 4 heterocycles. The highest BCUT2D eigenvalue weighted by Gasteiger charge is 2.33. The average Bonchev–Trinajstić information content (AvgIpc) is 2.91. The zero-order valence-corrected chi connectivity index (χ0v) is 19.9. The third kappa shape index (κ3) is 5.17. The molecule has 2 aliphatic heterocycles. The van der Waals surface area contributed by atoms with E-state index in [1.807, 2.05) is 24.3 Å². The van der Waals surface area contributed by atoms with E-state index >= 15 is 0 Å². The van der Waals surface area contributed by atoms with Crippen molar-refractivity contribution in [1.82, 2.24) is 20.2 Å². The first kappa shape index (κ1) is 23.7. The summed E-state index contributed by atoms with van der Waals surface area (Å²) in [5.74, 6) is 1.78. The monoisotopic (exact) mass is 482 g/mol. The van der Waals surface area contributed by atoms with Crippen LogP contribution >= 0.6 is 0 Å². The van der Waals surface area contributed by atoms with Crippen molar-refractivity contribution in [3.8, 4) is 17.2 Å². The molecule has 2 aliphatic rings. The Morgan fingerprint density at radius 1 is 1.11 bits per heavy atom. The number of nitrogens with zero attached hydrogens (tertiary/aromatic N) is 3. The van der Waals surface area contributed by atoms with Crippen LogP contribution in [0.1, 0.15) is 24.1 Å². The van der Waals surface area contributed by atoms with Crippen LogP contribution in [0.25, 0.3) is 10.9 Å². The largest absolute Gasteiger partial charge is 0.497 e. The molecule has 0 aliphatic carbocycles. The van der Waals surface area contributed by atoms with Crippen LogP contribution in [0.2, 0.25) is 0 Å². The molecule has 0 atom stereocenters. The molecule has 0 radical (unpaired) electrons. The summed E-state index contributed by atoms with van der Waals surface area (Å²) in [7, 11) is 1.60. The number of fused-ring (bicyclic) bond motifs is 2. The Hall–Kier alpha value is -3.01. The zero-order valence-electron chi connectivity index (χ0n) is 19.9. The van der Waals surface area contributed by atoms with Crippen LogP contribution in [0.4, 0.5) is 4.39 Å². The molecule has 0 saturated carbocycles. The van der Waals surface area contributed by atoms with Crippen LogP contribution in [0.3, 0.4) is 0 Å². The maximum Gasteiger partial charge on any atom is 0.179 e. The summed E-state index contributed by atoms with van der Waals surface area (Å²) >= 11 is 0. The van der Waals surface area contributed by atoms with Crippen molar-refractivity contribution in [3.05, 3.63) is 53.7 Å². The summed E-state index contributed by atoms with van der Waals surface area (Å²) in [4.78, 5) is 11.0. The quantitative estimate of drug-likeness (QED) is 0.507. The average molecular weight is 483 g/mol. The Balaban J connectivity index is 1.19. The Bertz CT molecular complexity index is 1180. The summed E-state index contributed by atoms with van der Waals surface area (Å²) in [6.07, 6.45) is 5.16. The lowest BCUT2D eigenvalue weighted by Gasteiger charge is -2.41. The van der Waals surface area contributed by atoms with Gasteiger partial charge in [0.05, 0.1) is 37.3 Å². The van der Waals surface area contributed by atoms with Gasteiger partial charge in [0.25, 0.3) is 0 Å². The maximum atomic E-state index is 14.7. The molecule has 3 aromatic rings. The second kappa shape index (κ2) is 10.3. The van der Waals surface area contributed by atoms with Crippen LogP contribution in [0.5, 0.6) is 17.2 Å². The van der Waals surface area contributed by atoms with Gasteiger partial charge in [0.15, 0.2) is 11.5 Å². The van der Waals surface area contributed by atoms with Crippen LogP contribution in [-0.4, -0.2) is 72.1 Å². The molecule has 9 heteroatoms. The number of benzene rings is 1. The SMILES string of the molecule is COc1ccc2ncc(F)c(CCN3CCC(CO)(NCc4cc5c(cn4)OCCO5)CC3)c2c1. The molecule has 0 spiro atoms. The topological polar surface area (TPSA) is 89.0 Å². The lowest BCUT2D eigenvalue weighted by Crippen LogP contribution is -2.55. The number of methoxy groups -OCH3 is 1. The first-order chi connectivity index (χ1) is 17.1. The number of aromatic nitrogens is 2. The highest BCUT2D eigenvalue weighted by atomic mass is 19.1. The van der Waals surface area contributed by atoms with Gasteiger partial charge in [-0.2, -0.15) is 0 Å². The predicted molar refractivity (Wildman–Crippen MR) is 130 cm³/mol. The molecule has 2 aromatic heterocycles. The van der Waals surface area contributed by atoms with Gasteiger partial charge < -0.3 is 29.5 Å². The Kier molecular flexibility index (Phi) is 6.99. The minimum atomic E-state index is -0.368. The van der Waals surface area contributed by atoms with Gasteiger partial charge in [0.1, 0.15) is 24.8 Å². The third-order valence-electron chi connectivity index (χ3n) is 7.06. The molecule has 0 amide bonds. The molecule has 1 saturated heterocycles. The van der Waals surface area contributed by atoms with Crippen LogP contribution in [0.15, 0.2) is 36.7 Å². The molecule has 35 heavy (non-hydrogen) atoms. The molecule has 186 valence electrons. The lowest BCUT2D eigenvalue weighted by atomic mass is 9.88. The minimum Gasteiger partial charge on any atom is -0.497 e. The lowest BCUT2D eigenvalue weighted by molar-refractivity contribution is 0.0775. The second-order valence-corrected chi connectivity index (χ2v) is 9.17. The zero-order chi connectivity index (χ0) is 24.3. The summed E-state index contributed by atoms with van der Waals surface area (Å²) in [5.41, 5.74) is 1.90. The maximum absolute atomic E-state index is 14.7. The number of hydrogen-bond donors (Lipinski definition) is 2. The van der Waals surface area contributed by atoms with Crippen molar-refractivity contribution >= 4 is 10.9 Å². The van der Waals surface area contributed by atoms with E-state index in [-0.39, 0.29) is 18.0 Å². The van der Waals surface area contributed by atoms with Crippen molar-refractivity contribution in [2.24, 2.45) is 0 Å². The van der Waals surface area contributed by atoms with Gasteiger partial charge in [0.2, 0.25) is 0 Å². The molecule has 1 fully saturated rings. The number of pyridine rings is 2. The first-order valence-electron chi connectivity index (χ1n) is 12.0.